The molecule has 1 aromatic rings. The number of hydrogen-bond acceptors (Lipinski definition) is 2. The van der Waals surface area contributed by atoms with Crippen molar-refractivity contribution in [2.24, 2.45) is 11.7 Å². The first-order valence-electron chi connectivity index (χ1n) is 5.91. The number of nitrogens with two attached hydrogens (primary N) is 1. The molecule has 86 valence electrons. The third-order valence-electron chi connectivity index (χ3n) is 2.84. The minimum atomic E-state index is 0.196. The van der Waals surface area contributed by atoms with E-state index in [9.17, 15) is 0 Å². The first-order chi connectivity index (χ1) is 7.15. The van der Waals surface area contributed by atoms with Crippen molar-refractivity contribution >= 4 is 0 Å². The predicted molar refractivity (Wildman–Crippen MR) is 63.7 cm³/mol. The summed E-state index contributed by atoms with van der Waals surface area (Å²) in [7, 11) is 0. The van der Waals surface area contributed by atoms with Crippen LogP contribution >= 0.6 is 0 Å². The minimum Gasteiger partial charge on any atom is -0.337 e. The van der Waals surface area contributed by atoms with Crippen LogP contribution in [0.4, 0.5) is 0 Å². The highest BCUT2D eigenvalue weighted by molar-refractivity contribution is 4.98. The summed E-state index contributed by atoms with van der Waals surface area (Å²) in [6.07, 6.45) is 7.39. The Morgan fingerprint density at radius 2 is 2.07 bits per heavy atom. The molecule has 1 aromatic heterocycles. The van der Waals surface area contributed by atoms with E-state index in [1.807, 2.05) is 13.3 Å². The fourth-order valence-corrected chi connectivity index (χ4v) is 1.79. The zero-order valence-corrected chi connectivity index (χ0v) is 10.1. The molecule has 0 aromatic carbocycles. The van der Waals surface area contributed by atoms with Gasteiger partial charge in [-0.2, -0.15) is 0 Å². The average molecular weight is 209 g/mol. The van der Waals surface area contributed by atoms with Gasteiger partial charge in [0.15, 0.2) is 0 Å². The van der Waals surface area contributed by atoms with Gasteiger partial charge in [0.1, 0.15) is 0 Å². The van der Waals surface area contributed by atoms with Crippen LogP contribution in [-0.4, -0.2) is 15.6 Å². The van der Waals surface area contributed by atoms with Crippen molar-refractivity contribution in [3.63, 3.8) is 0 Å². The normalized spacial score (nSPS) is 13.4. The first kappa shape index (κ1) is 12.2. The number of rotatable bonds is 6. The van der Waals surface area contributed by atoms with E-state index in [1.165, 1.54) is 12.8 Å². The van der Waals surface area contributed by atoms with Crippen LogP contribution in [0, 0.1) is 5.92 Å². The Hall–Kier alpha value is -0.830. The van der Waals surface area contributed by atoms with Gasteiger partial charge < -0.3 is 10.3 Å². The van der Waals surface area contributed by atoms with E-state index in [2.05, 4.69) is 29.6 Å². The van der Waals surface area contributed by atoms with Gasteiger partial charge in [-0.25, -0.2) is 4.98 Å². The Bertz CT molecular complexity index is 274. The molecule has 0 aliphatic rings. The quantitative estimate of drug-likeness (QED) is 0.780. The molecule has 1 unspecified atom stereocenters. The highest BCUT2D eigenvalue weighted by Crippen LogP contribution is 2.11. The molecule has 15 heavy (non-hydrogen) atoms. The molecule has 0 bridgehead atoms. The first-order valence-corrected chi connectivity index (χ1v) is 5.91. The fourth-order valence-electron chi connectivity index (χ4n) is 1.79. The zero-order chi connectivity index (χ0) is 11.3. The second-order valence-electron chi connectivity index (χ2n) is 4.43. The SMILES string of the molecule is CCC(CC)Cn1cnc(CC(C)N)c1. The second-order valence-corrected chi connectivity index (χ2v) is 4.43. The van der Waals surface area contributed by atoms with Crippen molar-refractivity contribution < 1.29 is 0 Å². The van der Waals surface area contributed by atoms with Gasteiger partial charge in [0.25, 0.3) is 0 Å². The highest BCUT2D eigenvalue weighted by atomic mass is 15.0. The third-order valence-corrected chi connectivity index (χ3v) is 2.84. The molecule has 0 saturated heterocycles. The van der Waals surface area contributed by atoms with E-state index in [-0.39, 0.29) is 6.04 Å². The maximum atomic E-state index is 5.74. The van der Waals surface area contributed by atoms with Crippen molar-refractivity contribution in [3.8, 4) is 0 Å². The smallest absolute Gasteiger partial charge is 0.0949 e. The van der Waals surface area contributed by atoms with Gasteiger partial charge in [-0.05, 0) is 12.8 Å². The van der Waals surface area contributed by atoms with Gasteiger partial charge in [0.2, 0.25) is 0 Å². The second kappa shape index (κ2) is 5.91. The lowest BCUT2D eigenvalue weighted by Crippen LogP contribution is -2.17. The van der Waals surface area contributed by atoms with Crippen molar-refractivity contribution in [2.45, 2.75) is 52.6 Å². The molecule has 0 aliphatic heterocycles. The summed E-state index contributed by atoms with van der Waals surface area (Å²) < 4.78 is 2.19. The van der Waals surface area contributed by atoms with Crippen LogP contribution in [0.5, 0.6) is 0 Å². The molecule has 1 heterocycles. The summed E-state index contributed by atoms with van der Waals surface area (Å²) in [6.45, 7) is 7.58. The van der Waals surface area contributed by atoms with E-state index >= 15 is 0 Å². The Labute approximate surface area is 92.7 Å². The molecule has 3 heteroatoms. The molecular formula is C12H23N3. The number of aromatic nitrogens is 2. The van der Waals surface area contributed by atoms with Crippen LogP contribution in [0.2, 0.25) is 0 Å². The number of nitrogens with zero attached hydrogens (tertiary/aromatic N) is 2. The number of imidazole rings is 1. The predicted octanol–water partition coefficient (Wildman–Crippen LogP) is 2.21. The topological polar surface area (TPSA) is 43.8 Å². The summed E-state index contributed by atoms with van der Waals surface area (Å²) in [5.41, 5.74) is 6.85. The summed E-state index contributed by atoms with van der Waals surface area (Å²) >= 11 is 0. The van der Waals surface area contributed by atoms with Crippen molar-refractivity contribution in [1.82, 2.24) is 9.55 Å². The molecule has 0 fully saturated rings. The molecule has 0 radical (unpaired) electrons. The standard InChI is InChI=1S/C12H23N3/c1-4-11(5-2)7-15-8-12(14-9-15)6-10(3)13/h8-11H,4-7,13H2,1-3H3. The third kappa shape index (κ3) is 4.04. The Morgan fingerprint density at radius 1 is 1.40 bits per heavy atom. The van der Waals surface area contributed by atoms with Gasteiger partial charge in [0.05, 0.1) is 12.0 Å². The Kier molecular flexibility index (Phi) is 4.82. The summed E-state index contributed by atoms with van der Waals surface area (Å²) in [4.78, 5) is 4.36. The van der Waals surface area contributed by atoms with Crippen LogP contribution in [0.25, 0.3) is 0 Å². The van der Waals surface area contributed by atoms with Crippen LogP contribution in [-0.2, 0) is 13.0 Å². The molecule has 0 aliphatic carbocycles. The summed E-state index contributed by atoms with van der Waals surface area (Å²) in [5.74, 6) is 0.766. The van der Waals surface area contributed by atoms with Crippen LogP contribution in [0.15, 0.2) is 12.5 Å². The van der Waals surface area contributed by atoms with Gasteiger partial charge in [-0.1, -0.05) is 26.7 Å². The zero-order valence-electron chi connectivity index (χ0n) is 10.1. The lowest BCUT2D eigenvalue weighted by atomic mass is 10.0. The van der Waals surface area contributed by atoms with Gasteiger partial charge in [-0.3, -0.25) is 0 Å². The molecule has 1 atom stereocenters. The molecular weight excluding hydrogens is 186 g/mol. The molecule has 1 rings (SSSR count). The highest BCUT2D eigenvalue weighted by Gasteiger charge is 2.06. The molecule has 2 N–H and O–H groups in total. The van der Waals surface area contributed by atoms with Gasteiger partial charge in [-0.15, -0.1) is 0 Å². The Morgan fingerprint density at radius 3 is 2.60 bits per heavy atom. The average Bonchev–Trinajstić information content (AvgIpc) is 2.61. The van der Waals surface area contributed by atoms with E-state index < -0.39 is 0 Å². The molecule has 0 amide bonds. The van der Waals surface area contributed by atoms with Gasteiger partial charge >= 0.3 is 0 Å². The van der Waals surface area contributed by atoms with Crippen molar-refractivity contribution in [2.75, 3.05) is 0 Å². The van der Waals surface area contributed by atoms with Crippen molar-refractivity contribution in [3.05, 3.63) is 18.2 Å². The lowest BCUT2D eigenvalue weighted by Gasteiger charge is -2.12. The fraction of sp³-hybridized carbons (Fsp3) is 0.750. The monoisotopic (exact) mass is 209 g/mol. The van der Waals surface area contributed by atoms with Crippen LogP contribution < -0.4 is 5.73 Å². The van der Waals surface area contributed by atoms with Crippen LogP contribution in [0.3, 0.4) is 0 Å². The summed E-state index contributed by atoms with van der Waals surface area (Å²) in [5, 5.41) is 0. The minimum absolute atomic E-state index is 0.196. The van der Waals surface area contributed by atoms with E-state index in [4.69, 9.17) is 5.73 Å². The van der Waals surface area contributed by atoms with E-state index in [1.54, 1.807) is 0 Å². The molecule has 0 saturated carbocycles. The van der Waals surface area contributed by atoms with E-state index in [0.717, 1.165) is 24.6 Å². The maximum Gasteiger partial charge on any atom is 0.0949 e. The lowest BCUT2D eigenvalue weighted by molar-refractivity contribution is 0.418. The summed E-state index contributed by atoms with van der Waals surface area (Å²) in [6, 6.07) is 0.196. The van der Waals surface area contributed by atoms with Gasteiger partial charge in [0, 0.05) is 25.2 Å². The molecule has 0 spiro atoms. The maximum absolute atomic E-state index is 5.74. The Balaban J connectivity index is 2.52. The largest absolute Gasteiger partial charge is 0.337 e. The van der Waals surface area contributed by atoms with E-state index in [0.29, 0.717) is 0 Å². The molecule has 3 nitrogen and oxygen atoms in total. The number of hydrogen-bond donors (Lipinski definition) is 1. The van der Waals surface area contributed by atoms with Crippen molar-refractivity contribution in [1.29, 1.82) is 0 Å². The van der Waals surface area contributed by atoms with Crippen LogP contribution in [0.1, 0.15) is 39.3 Å².